The Morgan fingerprint density at radius 2 is 2.16 bits per heavy atom. The van der Waals surface area contributed by atoms with Crippen molar-refractivity contribution in [1.29, 1.82) is 0 Å². The smallest absolute Gasteiger partial charge is 0.234 e. The summed E-state index contributed by atoms with van der Waals surface area (Å²) < 4.78 is 6.11. The number of hydrogen-bond acceptors (Lipinski definition) is 2. The van der Waals surface area contributed by atoms with E-state index in [4.69, 9.17) is 4.74 Å². The largest absolute Gasteiger partial charge is 0.488 e. The summed E-state index contributed by atoms with van der Waals surface area (Å²) in [5.74, 6) is 1.32. The van der Waals surface area contributed by atoms with Crippen molar-refractivity contribution in [2.45, 2.75) is 45.1 Å². The number of hydrogen-bond donors (Lipinski definition) is 1. The van der Waals surface area contributed by atoms with Crippen LogP contribution in [0.25, 0.3) is 0 Å². The van der Waals surface area contributed by atoms with E-state index < -0.39 is 5.41 Å². The van der Waals surface area contributed by atoms with Gasteiger partial charge in [-0.25, -0.2) is 0 Å². The molecule has 0 aliphatic carbocycles. The lowest BCUT2D eigenvalue weighted by atomic mass is 9.82. The second kappa shape index (κ2) is 3.98. The Morgan fingerprint density at radius 3 is 2.79 bits per heavy atom. The molecule has 2 atom stereocenters. The molecule has 102 valence electrons. The van der Waals surface area contributed by atoms with Crippen LogP contribution in [0.1, 0.15) is 43.4 Å². The lowest BCUT2D eigenvalue weighted by Gasteiger charge is -2.19. The fraction of sp³-hybridized carbons (Fsp3) is 0.533. The number of fused-ring (bicyclic) bond motifs is 3. The molecular formula is C15H18BrNO2. The molecule has 2 aliphatic rings. The monoisotopic (exact) mass is 323 g/mol. The highest BCUT2D eigenvalue weighted by Gasteiger charge is 2.46. The number of ether oxygens (including phenoxy) is 1. The summed E-state index contributed by atoms with van der Waals surface area (Å²) >= 11 is 3.51. The Bertz CT molecular complexity index is 580. The number of anilines is 1. The van der Waals surface area contributed by atoms with Crippen molar-refractivity contribution in [3.8, 4) is 5.75 Å². The van der Waals surface area contributed by atoms with Gasteiger partial charge in [-0.3, -0.25) is 4.79 Å². The summed E-state index contributed by atoms with van der Waals surface area (Å²) in [6.45, 7) is 8.16. The SMILES string of the molecule is Cc1cc2c(c3c1NC(=O)C3(C)C)OC(CBr)C2C. The molecule has 0 spiro atoms. The van der Waals surface area contributed by atoms with E-state index in [0.29, 0.717) is 5.92 Å². The molecule has 1 aromatic rings. The third-order valence-corrected chi connectivity index (χ3v) is 5.04. The van der Waals surface area contributed by atoms with Crippen LogP contribution in [-0.2, 0) is 10.2 Å². The van der Waals surface area contributed by atoms with Gasteiger partial charge in [-0.15, -0.1) is 0 Å². The van der Waals surface area contributed by atoms with Crippen LogP contribution >= 0.6 is 15.9 Å². The predicted molar refractivity (Wildman–Crippen MR) is 79.5 cm³/mol. The quantitative estimate of drug-likeness (QED) is 0.803. The molecule has 1 amide bonds. The lowest BCUT2D eigenvalue weighted by molar-refractivity contribution is -0.119. The first kappa shape index (κ1) is 13.0. The van der Waals surface area contributed by atoms with Crippen LogP contribution in [-0.4, -0.2) is 17.3 Å². The van der Waals surface area contributed by atoms with Crippen molar-refractivity contribution in [3.63, 3.8) is 0 Å². The Morgan fingerprint density at radius 1 is 1.47 bits per heavy atom. The number of aryl methyl sites for hydroxylation is 1. The van der Waals surface area contributed by atoms with Crippen LogP contribution in [0.3, 0.4) is 0 Å². The van der Waals surface area contributed by atoms with E-state index in [-0.39, 0.29) is 12.0 Å². The van der Waals surface area contributed by atoms with E-state index in [1.165, 1.54) is 5.56 Å². The summed E-state index contributed by atoms with van der Waals surface area (Å²) in [6.07, 6.45) is 0.146. The fourth-order valence-corrected chi connectivity index (χ4v) is 3.74. The van der Waals surface area contributed by atoms with Gasteiger partial charge in [0.15, 0.2) is 0 Å². The van der Waals surface area contributed by atoms with Crippen LogP contribution in [0.15, 0.2) is 6.07 Å². The molecule has 2 unspecified atom stereocenters. The molecule has 2 aliphatic heterocycles. The van der Waals surface area contributed by atoms with Crippen molar-refractivity contribution in [2.75, 3.05) is 10.6 Å². The maximum atomic E-state index is 12.2. The van der Waals surface area contributed by atoms with E-state index >= 15 is 0 Å². The molecule has 0 saturated heterocycles. The van der Waals surface area contributed by atoms with Crippen LogP contribution < -0.4 is 10.1 Å². The Kier molecular flexibility index (Phi) is 2.72. The molecule has 0 aromatic heterocycles. The van der Waals surface area contributed by atoms with Crippen LogP contribution in [0.4, 0.5) is 5.69 Å². The molecule has 0 bridgehead atoms. The molecule has 0 saturated carbocycles. The highest BCUT2D eigenvalue weighted by molar-refractivity contribution is 9.09. The highest BCUT2D eigenvalue weighted by atomic mass is 79.9. The molecular weight excluding hydrogens is 306 g/mol. The maximum absolute atomic E-state index is 12.2. The molecule has 4 heteroatoms. The Hall–Kier alpha value is -1.03. The minimum absolute atomic E-state index is 0.0533. The molecule has 0 fully saturated rings. The number of benzene rings is 1. The first-order valence-electron chi connectivity index (χ1n) is 6.60. The van der Waals surface area contributed by atoms with Crippen molar-refractivity contribution in [2.24, 2.45) is 0 Å². The summed E-state index contributed by atoms with van der Waals surface area (Å²) in [4.78, 5) is 12.2. The number of carbonyl (C=O) groups excluding carboxylic acids is 1. The molecule has 3 nitrogen and oxygen atoms in total. The van der Waals surface area contributed by atoms with Gasteiger partial charge in [0, 0.05) is 22.4 Å². The zero-order chi connectivity index (χ0) is 13.9. The average molecular weight is 324 g/mol. The van der Waals surface area contributed by atoms with Gasteiger partial charge in [-0.2, -0.15) is 0 Å². The number of amides is 1. The first-order valence-corrected chi connectivity index (χ1v) is 7.72. The van der Waals surface area contributed by atoms with Gasteiger partial charge in [0.2, 0.25) is 5.91 Å². The molecule has 1 N–H and O–H groups in total. The van der Waals surface area contributed by atoms with Gasteiger partial charge in [-0.1, -0.05) is 22.9 Å². The highest BCUT2D eigenvalue weighted by Crippen LogP contribution is 2.52. The number of rotatable bonds is 1. The van der Waals surface area contributed by atoms with Crippen LogP contribution in [0, 0.1) is 6.92 Å². The first-order chi connectivity index (χ1) is 8.87. The van der Waals surface area contributed by atoms with E-state index in [9.17, 15) is 4.79 Å². The second-order valence-corrected chi connectivity index (χ2v) is 6.69. The van der Waals surface area contributed by atoms with Crippen molar-refractivity contribution < 1.29 is 9.53 Å². The van der Waals surface area contributed by atoms with E-state index in [2.05, 4.69) is 41.2 Å². The van der Waals surface area contributed by atoms with Gasteiger partial charge in [0.1, 0.15) is 11.9 Å². The number of nitrogens with one attached hydrogen (secondary N) is 1. The van der Waals surface area contributed by atoms with Gasteiger partial charge >= 0.3 is 0 Å². The van der Waals surface area contributed by atoms with Crippen LogP contribution in [0.5, 0.6) is 5.75 Å². The standard InChI is InChI=1S/C15H18BrNO2/c1-7-5-9-8(2)10(6-16)19-13(9)11-12(7)17-14(18)15(11,3)4/h5,8,10H,6H2,1-4H3,(H,17,18). The topological polar surface area (TPSA) is 38.3 Å². The van der Waals surface area contributed by atoms with Crippen molar-refractivity contribution in [3.05, 3.63) is 22.8 Å². The molecule has 3 rings (SSSR count). The lowest BCUT2D eigenvalue weighted by Crippen LogP contribution is -2.27. The van der Waals surface area contributed by atoms with E-state index in [0.717, 1.165) is 27.9 Å². The van der Waals surface area contributed by atoms with E-state index in [1.54, 1.807) is 0 Å². The number of carbonyl (C=O) groups is 1. The Labute approximate surface area is 121 Å². The maximum Gasteiger partial charge on any atom is 0.234 e. The zero-order valence-electron chi connectivity index (χ0n) is 11.6. The summed E-state index contributed by atoms with van der Waals surface area (Å²) in [6, 6.07) is 2.16. The third-order valence-electron chi connectivity index (χ3n) is 4.41. The van der Waals surface area contributed by atoms with Gasteiger partial charge < -0.3 is 10.1 Å². The summed E-state index contributed by atoms with van der Waals surface area (Å²) in [5.41, 5.74) is 3.80. The van der Waals surface area contributed by atoms with Gasteiger partial charge in [0.05, 0.1) is 11.1 Å². The number of halogens is 1. The van der Waals surface area contributed by atoms with E-state index in [1.807, 2.05) is 13.8 Å². The summed E-state index contributed by atoms with van der Waals surface area (Å²) in [5, 5.41) is 3.81. The molecule has 2 heterocycles. The summed E-state index contributed by atoms with van der Waals surface area (Å²) in [7, 11) is 0. The molecule has 0 radical (unpaired) electrons. The fourth-order valence-electron chi connectivity index (χ4n) is 3.05. The Balaban J connectivity index is 2.26. The number of alkyl halides is 1. The minimum Gasteiger partial charge on any atom is -0.488 e. The van der Waals surface area contributed by atoms with Gasteiger partial charge in [0.25, 0.3) is 0 Å². The van der Waals surface area contributed by atoms with Crippen molar-refractivity contribution >= 4 is 27.5 Å². The average Bonchev–Trinajstić information content (AvgIpc) is 2.78. The molecule has 19 heavy (non-hydrogen) atoms. The molecule has 1 aromatic carbocycles. The zero-order valence-corrected chi connectivity index (χ0v) is 13.2. The predicted octanol–water partition coefficient (Wildman–Crippen LogP) is 3.48. The van der Waals surface area contributed by atoms with Crippen LogP contribution in [0.2, 0.25) is 0 Å². The minimum atomic E-state index is -0.521. The van der Waals surface area contributed by atoms with Gasteiger partial charge in [-0.05, 0) is 32.4 Å². The van der Waals surface area contributed by atoms with Crippen molar-refractivity contribution in [1.82, 2.24) is 0 Å². The normalized spacial score (nSPS) is 26.7. The second-order valence-electron chi connectivity index (χ2n) is 6.04. The third kappa shape index (κ3) is 1.59.